The van der Waals surface area contributed by atoms with Crippen LogP contribution in [-0.2, 0) is 0 Å². The lowest BCUT2D eigenvalue weighted by molar-refractivity contribution is 0.620. The van der Waals surface area contributed by atoms with Crippen molar-refractivity contribution in [2.45, 2.75) is 6.04 Å². The SMILES string of the molecule is Fc1c(C2N=CNc3ccccc32)sc2ccccc12. The molecule has 1 atom stereocenters. The first-order valence-corrected chi connectivity index (χ1v) is 7.20. The summed E-state index contributed by atoms with van der Waals surface area (Å²) in [5, 5.41) is 3.79. The van der Waals surface area contributed by atoms with Gasteiger partial charge in [0.05, 0.1) is 11.2 Å². The molecule has 20 heavy (non-hydrogen) atoms. The second kappa shape index (κ2) is 4.42. The van der Waals surface area contributed by atoms with Crippen LogP contribution in [0.4, 0.5) is 10.1 Å². The van der Waals surface area contributed by atoms with Gasteiger partial charge in [-0.3, -0.25) is 4.99 Å². The monoisotopic (exact) mass is 282 g/mol. The van der Waals surface area contributed by atoms with Crippen molar-refractivity contribution in [3.8, 4) is 0 Å². The quantitative estimate of drug-likeness (QED) is 0.694. The van der Waals surface area contributed by atoms with Gasteiger partial charge in [0, 0.05) is 21.3 Å². The smallest absolute Gasteiger partial charge is 0.147 e. The van der Waals surface area contributed by atoms with E-state index in [0.29, 0.717) is 10.3 Å². The summed E-state index contributed by atoms with van der Waals surface area (Å²) in [6.07, 6.45) is 1.65. The van der Waals surface area contributed by atoms with Gasteiger partial charge in [0.15, 0.2) is 0 Å². The van der Waals surface area contributed by atoms with Crippen LogP contribution in [0.2, 0.25) is 0 Å². The van der Waals surface area contributed by atoms with Crippen molar-refractivity contribution in [3.05, 3.63) is 64.8 Å². The highest BCUT2D eigenvalue weighted by Gasteiger charge is 2.25. The van der Waals surface area contributed by atoms with Crippen molar-refractivity contribution in [2.24, 2.45) is 4.99 Å². The van der Waals surface area contributed by atoms with Gasteiger partial charge >= 0.3 is 0 Å². The summed E-state index contributed by atoms with van der Waals surface area (Å²) in [4.78, 5) is 5.11. The summed E-state index contributed by atoms with van der Waals surface area (Å²) in [5.74, 6) is -0.149. The number of benzene rings is 2. The van der Waals surface area contributed by atoms with Crippen molar-refractivity contribution in [1.82, 2.24) is 0 Å². The van der Waals surface area contributed by atoms with E-state index in [1.54, 1.807) is 6.34 Å². The molecule has 1 aromatic heterocycles. The third-order valence-electron chi connectivity index (χ3n) is 3.51. The molecular formula is C16H11FN2S. The maximum absolute atomic E-state index is 14.6. The van der Waals surface area contributed by atoms with Crippen LogP contribution < -0.4 is 5.32 Å². The molecule has 0 spiro atoms. The van der Waals surface area contributed by atoms with Crippen molar-refractivity contribution in [2.75, 3.05) is 5.32 Å². The van der Waals surface area contributed by atoms with Crippen molar-refractivity contribution >= 4 is 33.4 Å². The maximum Gasteiger partial charge on any atom is 0.147 e. The minimum Gasteiger partial charge on any atom is -0.346 e. The molecule has 3 aromatic rings. The molecule has 1 aliphatic heterocycles. The summed E-state index contributed by atoms with van der Waals surface area (Å²) in [6, 6.07) is 15.2. The Labute approximate surface area is 119 Å². The minimum absolute atomic E-state index is 0.149. The molecule has 0 radical (unpaired) electrons. The van der Waals surface area contributed by atoms with Crippen LogP contribution in [-0.4, -0.2) is 6.34 Å². The van der Waals surface area contributed by atoms with Gasteiger partial charge in [-0.15, -0.1) is 11.3 Å². The first kappa shape index (κ1) is 11.6. The molecule has 1 unspecified atom stereocenters. The van der Waals surface area contributed by atoms with E-state index in [9.17, 15) is 4.39 Å². The van der Waals surface area contributed by atoms with E-state index >= 15 is 0 Å². The summed E-state index contributed by atoms with van der Waals surface area (Å²) in [6.45, 7) is 0. The predicted octanol–water partition coefficient (Wildman–Crippen LogP) is 4.58. The van der Waals surface area contributed by atoms with Gasteiger partial charge in [0.1, 0.15) is 11.9 Å². The molecule has 0 bridgehead atoms. The summed E-state index contributed by atoms with van der Waals surface area (Å²) < 4.78 is 15.6. The molecular weight excluding hydrogens is 271 g/mol. The zero-order valence-corrected chi connectivity index (χ0v) is 11.3. The van der Waals surface area contributed by atoms with Gasteiger partial charge in [0.25, 0.3) is 0 Å². The Bertz CT molecular complexity index is 822. The van der Waals surface area contributed by atoms with Crippen LogP contribution >= 0.6 is 11.3 Å². The number of aliphatic imine (C=N–C) groups is 1. The third kappa shape index (κ3) is 1.65. The fourth-order valence-corrected chi connectivity index (χ4v) is 3.70. The van der Waals surface area contributed by atoms with Gasteiger partial charge in [-0.05, 0) is 12.1 Å². The summed E-state index contributed by atoms with van der Waals surface area (Å²) in [5.41, 5.74) is 2.00. The Morgan fingerprint density at radius 1 is 1.05 bits per heavy atom. The average Bonchev–Trinajstić information content (AvgIpc) is 2.84. The van der Waals surface area contributed by atoms with E-state index in [4.69, 9.17) is 0 Å². The fraction of sp³-hybridized carbons (Fsp3) is 0.0625. The van der Waals surface area contributed by atoms with Crippen molar-refractivity contribution in [1.29, 1.82) is 0 Å². The van der Waals surface area contributed by atoms with Crippen LogP contribution in [0.15, 0.2) is 53.5 Å². The molecule has 1 aliphatic rings. The lowest BCUT2D eigenvalue weighted by atomic mass is 10.0. The summed E-state index contributed by atoms with van der Waals surface area (Å²) in [7, 11) is 0. The van der Waals surface area contributed by atoms with Crippen LogP contribution in [0.1, 0.15) is 16.5 Å². The molecule has 0 saturated heterocycles. The second-order valence-electron chi connectivity index (χ2n) is 4.69. The summed E-state index contributed by atoms with van der Waals surface area (Å²) >= 11 is 1.48. The van der Waals surface area contributed by atoms with Gasteiger partial charge in [-0.2, -0.15) is 0 Å². The molecule has 1 N–H and O–H groups in total. The molecule has 0 fully saturated rings. The molecule has 2 heterocycles. The number of hydrogen-bond acceptors (Lipinski definition) is 3. The van der Waals surface area contributed by atoms with Gasteiger partial charge < -0.3 is 5.32 Å². The minimum atomic E-state index is -0.259. The van der Waals surface area contributed by atoms with Gasteiger partial charge in [0.2, 0.25) is 0 Å². The number of hydrogen-bond donors (Lipinski definition) is 1. The number of para-hydroxylation sites is 1. The number of halogens is 1. The predicted molar refractivity (Wildman–Crippen MR) is 82.2 cm³/mol. The molecule has 4 rings (SSSR count). The first-order chi connectivity index (χ1) is 9.84. The zero-order chi connectivity index (χ0) is 13.5. The van der Waals surface area contributed by atoms with E-state index in [1.807, 2.05) is 48.5 Å². The standard InChI is InChI=1S/C16H11FN2S/c17-14-11-6-2-4-8-13(11)20-16(14)15-10-5-1-3-7-12(10)18-9-19-15/h1-9,15H,(H,18,19). The van der Waals surface area contributed by atoms with E-state index in [1.165, 1.54) is 11.3 Å². The zero-order valence-electron chi connectivity index (χ0n) is 10.5. The highest BCUT2D eigenvalue weighted by Crippen LogP contribution is 2.41. The molecule has 0 saturated carbocycles. The number of rotatable bonds is 1. The Balaban J connectivity index is 1.93. The molecule has 2 aromatic carbocycles. The Hall–Kier alpha value is -2.20. The number of nitrogens with zero attached hydrogens (tertiary/aromatic N) is 1. The van der Waals surface area contributed by atoms with Crippen molar-refractivity contribution in [3.63, 3.8) is 0 Å². The maximum atomic E-state index is 14.6. The Morgan fingerprint density at radius 2 is 1.85 bits per heavy atom. The van der Waals surface area contributed by atoms with E-state index in [0.717, 1.165) is 16.0 Å². The lowest BCUT2D eigenvalue weighted by Crippen LogP contribution is -2.11. The van der Waals surface area contributed by atoms with E-state index in [2.05, 4.69) is 10.3 Å². The van der Waals surface area contributed by atoms with Crippen LogP contribution in [0.5, 0.6) is 0 Å². The number of fused-ring (bicyclic) bond motifs is 2. The van der Waals surface area contributed by atoms with E-state index < -0.39 is 0 Å². The lowest BCUT2D eigenvalue weighted by Gasteiger charge is -2.20. The Morgan fingerprint density at radius 3 is 2.75 bits per heavy atom. The molecule has 98 valence electrons. The molecule has 2 nitrogen and oxygen atoms in total. The van der Waals surface area contributed by atoms with Gasteiger partial charge in [-0.1, -0.05) is 36.4 Å². The highest BCUT2D eigenvalue weighted by atomic mass is 32.1. The van der Waals surface area contributed by atoms with Crippen molar-refractivity contribution < 1.29 is 4.39 Å². The molecule has 4 heteroatoms. The Kier molecular flexibility index (Phi) is 2.57. The van der Waals surface area contributed by atoms with Crippen LogP contribution in [0, 0.1) is 5.82 Å². The fourth-order valence-electron chi connectivity index (χ4n) is 2.55. The average molecular weight is 282 g/mol. The normalized spacial score (nSPS) is 16.9. The van der Waals surface area contributed by atoms with Crippen LogP contribution in [0.3, 0.4) is 0 Å². The molecule has 0 aliphatic carbocycles. The number of nitrogens with one attached hydrogen (secondary N) is 1. The molecule has 0 amide bonds. The number of thiophene rings is 1. The van der Waals surface area contributed by atoms with E-state index in [-0.39, 0.29) is 11.9 Å². The van der Waals surface area contributed by atoms with Crippen LogP contribution in [0.25, 0.3) is 10.1 Å². The number of anilines is 1. The highest BCUT2D eigenvalue weighted by molar-refractivity contribution is 7.19. The van der Waals surface area contributed by atoms with Gasteiger partial charge in [-0.25, -0.2) is 4.39 Å². The first-order valence-electron chi connectivity index (χ1n) is 6.38. The second-order valence-corrected chi connectivity index (χ2v) is 5.77. The largest absolute Gasteiger partial charge is 0.346 e. The third-order valence-corrected chi connectivity index (χ3v) is 4.71. The topological polar surface area (TPSA) is 24.4 Å².